The van der Waals surface area contributed by atoms with Gasteiger partial charge in [-0.25, -0.2) is 4.79 Å². The number of aryl methyl sites for hydroxylation is 1. The number of nitrogens with one attached hydrogen (secondary N) is 3. The fraction of sp³-hybridized carbons (Fsp3) is 0.263. The molecular formula is C19H23N3O3. The predicted molar refractivity (Wildman–Crippen MR) is 99.1 cm³/mol. The van der Waals surface area contributed by atoms with E-state index < -0.39 is 6.03 Å². The van der Waals surface area contributed by atoms with E-state index in [2.05, 4.69) is 16.0 Å². The number of benzene rings is 2. The number of hydrogen-bond donors (Lipinski definition) is 3. The molecule has 0 heterocycles. The van der Waals surface area contributed by atoms with Crippen molar-refractivity contribution in [1.82, 2.24) is 5.32 Å². The Morgan fingerprint density at radius 2 is 1.72 bits per heavy atom. The Morgan fingerprint density at radius 1 is 1.00 bits per heavy atom. The van der Waals surface area contributed by atoms with Crippen LogP contribution < -0.4 is 20.7 Å². The third kappa shape index (κ3) is 6.18. The lowest BCUT2D eigenvalue weighted by Gasteiger charge is -2.12. The minimum Gasteiger partial charge on any atom is -0.491 e. The molecule has 132 valence electrons. The van der Waals surface area contributed by atoms with E-state index >= 15 is 0 Å². The number of ether oxygens (including phenoxy) is 1. The summed E-state index contributed by atoms with van der Waals surface area (Å²) < 4.78 is 5.59. The van der Waals surface area contributed by atoms with Crippen LogP contribution >= 0.6 is 0 Å². The average Bonchev–Trinajstić information content (AvgIpc) is 2.61. The van der Waals surface area contributed by atoms with E-state index in [0.29, 0.717) is 23.7 Å². The Bertz CT molecular complexity index is 714. The standard InChI is InChI=1S/C19H23N3O3/c1-3-12-25-17-7-5-4-6-16(17)22-18(23)13-20-19(24)21-15-10-8-14(2)9-11-15/h4-11H,3,12-13H2,1-2H3,(H,22,23)(H2,20,21,24). The van der Waals surface area contributed by atoms with Crippen molar-refractivity contribution in [2.45, 2.75) is 20.3 Å². The van der Waals surface area contributed by atoms with Gasteiger partial charge < -0.3 is 20.7 Å². The molecule has 6 nitrogen and oxygen atoms in total. The van der Waals surface area contributed by atoms with Crippen molar-refractivity contribution in [3.63, 3.8) is 0 Å². The van der Waals surface area contributed by atoms with Gasteiger partial charge in [0.05, 0.1) is 18.8 Å². The average molecular weight is 341 g/mol. The van der Waals surface area contributed by atoms with Crippen molar-refractivity contribution in [1.29, 1.82) is 0 Å². The van der Waals surface area contributed by atoms with Gasteiger partial charge in [0.15, 0.2) is 0 Å². The number of carbonyl (C=O) groups is 2. The summed E-state index contributed by atoms with van der Waals surface area (Å²) in [6, 6.07) is 14.2. The summed E-state index contributed by atoms with van der Waals surface area (Å²) in [4.78, 5) is 23.9. The minimum absolute atomic E-state index is 0.139. The van der Waals surface area contributed by atoms with Crippen molar-refractivity contribution < 1.29 is 14.3 Å². The van der Waals surface area contributed by atoms with Gasteiger partial charge in [-0.15, -0.1) is 0 Å². The Balaban J connectivity index is 1.82. The van der Waals surface area contributed by atoms with Crippen LogP contribution in [0.3, 0.4) is 0 Å². The zero-order chi connectivity index (χ0) is 18.1. The zero-order valence-electron chi connectivity index (χ0n) is 14.5. The van der Waals surface area contributed by atoms with Crippen LogP contribution in [0.4, 0.5) is 16.2 Å². The van der Waals surface area contributed by atoms with Crippen molar-refractivity contribution in [2.24, 2.45) is 0 Å². The van der Waals surface area contributed by atoms with Crippen molar-refractivity contribution in [2.75, 3.05) is 23.8 Å². The zero-order valence-corrected chi connectivity index (χ0v) is 14.5. The summed E-state index contributed by atoms with van der Waals surface area (Å²) >= 11 is 0. The summed E-state index contributed by atoms with van der Waals surface area (Å²) in [5.41, 5.74) is 2.36. The molecule has 0 aromatic heterocycles. The first-order chi connectivity index (χ1) is 12.1. The molecule has 0 saturated carbocycles. The molecule has 0 fully saturated rings. The van der Waals surface area contributed by atoms with E-state index in [-0.39, 0.29) is 12.5 Å². The molecule has 2 aromatic carbocycles. The maximum absolute atomic E-state index is 12.0. The SMILES string of the molecule is CCCOc1ccccc1NC(=O)CNC(=O)Nc1ccc(C)cc1. The normalized spacial score (nSPS) is 10.0. The van der Waals surface area contributed by atoms with Crippen LogP contribution in [0.5, 0.6) is 5.75 Å². The molecule has 0 aliphatic rings. The van der Waals surface area contributed by atoms with Crippen LogP contribution in [-0.4, -0.2) is 25.1 Å². The molecular weight excluding hydrogens is 318 g/mol. The van der Waals surface area contributed by atoms with Gasteiger partial charge in [0.2, 0.25) is 5.91 Å². The number of amides is 3. The summed E-state index contributed by atoms with van der Waals surface area (Å²) in [5.74, 6) is 0.286. The van der Waals surface area contributed by atoms with Gasteiger partial charge in [-0.05, 0) is 37.6 Å². The van der Waals surface area contributed by atoms with Crippen LogP contribution in [0, 0.1) is 6.92 Å². The van der Waals surface area contributed by atoms with Gasteiger partial charge in [-0.2, -0.15) is 0 Å². The van der Waals surface area contributed by atoms with E-state index in [1.54, 1.807) is 24.3 Å². The van der Waals surface area contributed by atoms with Gasteiger partial charge in [0, 0.05) is 5.69 Å². The molecule has 2 rings (SSSR count). The molecule has 3 N–H and O–H groups in total. The molecule has 0 unspecified atom stereocenters. The van der Waals surface area contributed by atoms with Crippen molar-refractivity contribution in [3.8, 4) is 5.75 Å². The molecule has 3 amide bonds. The monoisotopic (exact) mass is 341 g/mol. The third-order valence-corrected chi connectivity index (χ3v) is 3.34. The second-order valence-corrected chi connectivity index (χ2v) is 5.57. The van der Waals surface area contributed by atoms with Crippen LogP contribution in [0.1, 0.15) is 18.9 Å². The van der Waals surface area contributed by atoms with E-state index in [9.17, 15) is 9.59 Å². The number of anilines is 2. The number of rotatable bonds is 7. The Labute approximate surface area is 147 Å². The van der Waals surface area contributed by atoms with Gasteiger partial charge in [-0.1, -0.05) is 36.8 Å². The second-order valence-electron chi connectivity index (χ2n) is 5.57. The summed E-state index contributed by atoms with van der Waals surface area (Å²) in [6.07, 6.45) is 0.878. The Hall–Kier alpha value is -3.02. The summed E-state index contributed by atoms with van der Waals surface area (Å²) in [5, 5.41) is 7.94. The Morgan fingerprint density at radius 3 is 2.44 bits per heavy atom. The van der Waals surface area contributed by atoms with Crippen LogP contribution in [-0.2, 0) is 4.79 Å². The van der Waals surface area contributed by atoms with E-state index in [4.69, 9.17) is 4.74 Å². The fourth-order valence-electron chi connectivity index (χ4n) is 2.07. The van der Waals surface area contributed by atoms with Crippen molar-refractivity contribution in [3.05, 3.63) is 54.1 Å². The molecule has 0 bridgehead atoms. The molecule has 0 aliphatic carbocycles. The van der Waals surface area contributed by atoms with Gasteiger partial charge in [-0.3, -0.25) is 4.79 Å². The highest BCUT2D eigenvalue weighted by atomic mass is 16.5. The molecule has 0 saturated heterocycles. The number of carbonyl (C=O) groups excluding carboxylic acids is 2. The molecule has 2 aromatic rings. The van der Waals surface area contributed by atoms with Gasteiger partial charge in [0.25, 0.3) is 0 Å². The first-order valence-electron chi connectivity index (χ1n) is 8.21. The first kappa shape index (κ1) is 18.3. The molecule has 0 aliphatic heterocycles. The quantitative estimate of drug-likeness (QED) is 0.720. The first-order valence-corrected chi connectivity index (χ1v) is 8.21. The lowest BCUT2D eigenvalue weighted by molar-refractivity contribution is -0.115. The highest BCUT2D eigenvalue weighted by Crippen LogP contribution is 2.23. The lowest BCUT2D eigenvalue weighted by atomic mass is 10.2. The van der Waals surface area contributed by atoms with Crippen LogP contribution in [0.2, 0.25) is 0 Å². The minimum atomic E-state index is -0.436. The van der Waals surface area contributed by atoms with E-state index in [1.165, 1.54) is 0 Å². The van der Waals surface area contributed by atoms with Crippen LogP contribution in [0.25, 0.3) is 0 Å². The number of hydrogen-bond acceptors (Lipinski definition) is 3. The van der Waals surface area contributed by atoms with E-state index in [1.807, 2.05) is 38.1 Å². The summed E-state index contributed by atoms with van der Waals surface area (Å²) in [6.45, 7) is 4.41. The fourth-order valence-corrected chi connectivity index (χ4v) is 2.07. The van der Waals surface area contributed by atoms with Gasteiger partial charge in [0.1, 0.15) is 5.75 Å². The van der Waals surface area contributed by atoms with Crippen LogP contribution in [0.15, 0.2) is 48.5 Å². The third-order valence-electron chi connectivity index (χ3n) is 3.34. The van der Waals surface area contributed by atoms with Gasteiger partial charge >= 0.3 is 6.03 Å². The maximum atomic E-state index is 12.0. The molecule has 0 spiro atoms. The topological polar surface area (TPSA) is 79.5 Å². The lowest BCUT2D eigenvalue weighted by Crippen LogP contribution is -2.35. The second kappa shape index (κ2) is 9.32. The predicted octanol–water partition coefficient (Wildman–Crippen LogP) is 3.54. The summed E-state index contributed by atoms with van der Waals surface area (Å²) in [7, 11) is 0. The largest absolute Gasteiger partial charge is 0.491 e. The molecule has 0 atom stereocenters. The number of urea groups is 1. The molecule has 25 heavy (non-hydrogen) atoms. The maximum Gasteiger partial charge on any atom is 0.319 e. The molecule has 6 heteroatoms. The Kier molecular flexibility index (Phi) is 6.83. The highest BCUT2D eigenvalue weighted by molar-refractivity contribution is 5.97. The number of para-hydroxylation sites is 2. The van der Waals surface area contributed by atoms with Crippen molar-refractivity contribution >= 4 is 23.3 Å². The van der Waals surface area contributed by atoms with E-state index in [0.717, 1.165) is 12.0 Å². The smallest absolute Gasteiger partial charge is 0.319 e. The highest BCUT2D eigenvalue weighted by Gasteiger charge is 2.09. The molecule has 0 radical (unpaired) electrons.